The van der Waals surface area contributed by atoms with E-state index in [1.807, 2.05) is 6.92 Å². The van der Waals surface area contributed by atoms with Crippen molar-refractivity contribution in [1.82, 2.24) is 0 Å². The van der Waals surface area contributed by atoms with E-state index in [4.69, 9.17) is 4.18 Å². The third-order valence-corrected chi connectivity index (χ3v) is 11.2. The summed E-state index contributed by atoms with van der Waals surface area (Å²) < 4.78 is 31.5. The number of hydrogen-bond acceptors (Lipinski definition) is 5. The predicted molar refractivity (Wildman–Crippen MR) is 130 cm³/mol. The number of Topliss-reactive ketones (excluding diaryl/α,β-unsaturated/α-hetero) is 2. The Morgan fingerprint density at radius 3 is 2.47 bits per heavy atom. The van der Waals surface area contributed by atoms with E-state index < -0.39 is 10.1 Å². The van der Waals surface area contributed by atoms with E-state index >= 15 is 0 Å². The van der Waals surface area contributed by atoms with E-state index in [9.17, 15) is 18.0 Å². The first-order valence-corrected chi connectivity index (χ1v) is 14.1. The van der Waals surface area contributed by atoms with Gasteiger partial charge in [0.2, 0.25) is 0 Å². The first-order chi connectivity index (χ1) is 16.0. The summed E-state index contributed by atoms with van der Waals surface area (Å²) in [6.07, 6.45) is 7.17. The van der Waals surface area contributed by atoms with E-state index in [-0.39, 0.29) is 39.4 Å². The second kappa shape index (κ2) is 8.12. The second-order valence-corrected chi connectivity index (χ2v) is 13.3. The molecule has 0 aromatic heterocycles. The molecule has 0 N–H and O–H groups in total. The molecule has 0 spiro atoms. The molecule has 3 saturated carbocycles. The average Bonchev–Trinajstić information content (AvgIpc) is 3.10. The lowest BCUT2D eigenvalue weighted by atomic mass is 9.44. The van der Waals surface area contributed by atoms with Crippen LogP contribution in [0.1, 0.15) is 71.3 Å². The van der Waals surface area contributed by atoms with Gasteiger partial charge in [0.15, 0.2) is 5.78 Å². The molecule has 0 bridgehead atoms. The second-order valence-electron chi connectivity index (χ2n) is 11.8. The Bertz CT molecular complexity index is 1150. The Morgan fingerprint density at radius 1 is 1.09 bits per heavy atom. The molecule has 0 amide bonds. The lowest BCUT2D eigenvalue weighted by Gasteiger charge is -2.59. The molecule has 4 aliphatic carbocycles. The summed E-state index contributed by atoms with van der Waals surface area (Å²) in [5.74, 6) is 1.33. The molecular formula is C28H36O5S. The molecule has 0 saturated heterocycles. The molecule has 0 aliphatic heterocycles. The van der Waals surface area contributed by atoms with Crippen molar-refractivity contribution in [1.29, 1.82) is 0 Å². The number of aryl methyl sites for hydroxylation is 1. The SMILES string of the molecule is CC(=O)C1=CCC2C3CC[C@H]4CC(OS(=O)(=O)c5ccc(C)cc5)CCC4(C)C3C(=O)CC12C. The van der Waals surface area contributed by atoms with Crippen molar-refractivity contribution in [2.75, 3.05) is 0 Å². The Kier molecular flexibility index (Phi) is 5.72. The van der Waals surface area contributed by atoms with Crippen LogP contribution in [0.4, 0.5) is 0 Å². The van der Waals surface area contributed by atoms with Crippen molar-refractivity contribution in [3.63, 3.8) is 0 Å². The van der Waals surface area contributed by atoms with Crippen molar-refractivity contribution < 1.29 is 22.2 Å². The summed E-state index contributed by atoms with van der Waals surface area (Å²) in [6.45, 7) is 7.93. The van der Waals surface area contributed by atoms with E-state index in [0.29, 0.717) is 36.9 Å². The monoisotopic (exact) mass is 484 g/mol. The highest BCUT2D eigenvalue weighted by Crippen LogP contribution is 2.65. The van der Waals surface area contributed by atoms with Gasteiger partial charge in [0, 0.05) is 17.8 Å². The Balaban J connectivity index is 1.34. The van der Waals surface area contributed by atoms with Gasteiger partial charge in [-0.05, 0) is 93.2 Å². The van der Waals surface area contributed by atoms with Gasteiger partial charge >= 0.3 is 0 Å². The normalized spacial score (nSPS) is 39.6. The highest BCUT2D eigenvalue weighted by Gasteiger charge is 2.62. The lowest BCUT2D eigenvalue weighted by Crippen LogP contribution is -2.57. The van der Waals surface area contributed by atoms with Gasteiger partial charge in [-0.25, -0.2) is 0 Å². The first kappa shape index (κ1) is 23.9. The maximum absolute atomic E-state index is 13.7. The minimum absolute atomic E-state index is 0.00121. The van der Waals surface area contributed by atoms with Gasteiger partial charge in [0.1, 0.15) is 5.78 Å². The standard InChI is InChI=1S/C28H36O5S/c1-17-5-8-21(9-6-17)34(31,32)33-20-13-14-27(3)19(15-20)7-10-22-24-12-11-23(18(2)29)28(24,4)16-25(30)26(22)27/h5-6,8-9,11,19-20,22,24,26H,7,10,12-16H2,1-4H3/t19-,20?,22?,24?,26?,27?,28?/m0/s1. The summed E-state index contributed by atoms with van der Waals surface area (Å²) in [7, 11) is -3.81. The molecule has 184 valence electrons. The first-order valence-electron chi connectivity index (χ1n) is 12.7. The van der Waals surface area contributed by atoms with Gasteiger partial charge in [-0.15, -0.1) is 0 Å². The molecule has 6 unspecified atom stereocenters. The number of fused-ring (bicyclic) bond motifs is 5. The summed E-state index contributed by atoms with van der Waals surface area (Å²) in [5, 5.41) is 0. The lowest BCUT2D eigenvalue weighted by molar-refractivity contribution is -0.157. The number of hydrogen-bond donors (Lipinski definition) is 0. The summed E-state index contributed by atoms with van der Waals surface area (Å²) in [5.41, 5.74) is 1.41. The van der Waals surface area contributed by atoms with Crippen LogP contribution in [0.2, 0.25) is 0 Å². The molecule has 4 aliphatic rings. The van der Waals surface area contributed by atoms with Crippen LogP contribution < -0.4 is 0 Å². The fourth-order valence-electron chi connectivity index (χ4n) is 8.18. The van der Waals surface area contributed by atoms with Crippen LogP contribution in [0.3, 0.4) is 0 Å². The van der Waals surface area contributed by atoms with E-state index in [1.54, 1.807) is 31.2 Å². The Morgan fingerprint density at radius 2 is 1.79 bits per heavy atom. The van der Waals surface area contributed by atoms with Crippen molar-refractivity contribution in [3.05, 3.63) is 41.5 Å². The third-order valence-electron chi connectivity index (χ3n) is 9.84. The number of carbonyl (C=O) groups is 2. The highest BCUT2D eigenvalue weighted by atomic mass is 32.2. The zero-order valence-electron chi connectivity index (χ0n) is 20.7. The Labute approximate surface area is 203 Å². The quantitative estimate of drug-likeness (QED) is 0.534. The van der Waals surface area contributed by atoms with Gasteiger partial charge in [-0.2, -0.15) is 8.42 Å². The van der Waals surface area contributed by atoms with Crippen LogP contribution >= 0.6 is 0 Å². The van der Waals surface area contributed by atoms with Crippen LogP contribution in [0, 0.1) is 41.4 Å². The minimum atomic E-state index is -3.81. The summed E-state index contributed by atoms with van der Waals surface area (Å²) in [4.78, 5) is 26.2. The van der Waals surface area contributed by atoms with Crippen LogP contribution in [0.25, 0.3) is 0 Å². The number of rotatable bonds is 4. The molecule has 3 fully saturated rings. The van der Waals surface area contributed by atoms with Crippen molar-refractivity contribution in [2.45, 2.75) is 83.6 Å². The highest BCUT2D eigenvalue weighted by molar-refractivity contribution is 7.86. The molecule has 34 heavy (non-hydrogen) atoms. The molecule has 0 radical (unpaired) electrons. The van der Waals surface area contributed by atoms with E-state index in [0.717, 1.165) is 36.8 Å². The van der Waals surface area contributed by atoms with Gasteiger partial charge in [-0.1, -0.05) is 37.6 Å². The van der Waals surface area contributed by atoms with Crippen molar-refractivity contribution in [3.8, 4) is 0 Å². The number of ketones is 2. The van der Waals surface area contributed by atoms with Gasteiger partial charge in [0.25, 0.3) is 10.1 Å². The fraction of sp³-hybridized carbons (Fsp3) is 0.643. The topological polar surface area (TPSA) is 77.5 Å². The third kappa shape index (κ3) is 3.63. The molecule has 1 aromatic rings. The molecule has 6 heteroatoms. The fourth-order valence-corrected chi connectivity index (χ4v) is 9.30. The zero-order valence-corrected chi connectivity index (χ0v) is 21.5. The van der Waals surface area contributed by atoms with Crippen molar-refractivity contribution >= 4 is 21.7 Å². The molecule has 5 rings (SSSR count). The average molecular weight is 485 g/mol. The van der Waals surface area contributed by atoms with E-state index in [2.05, 4.69) is 19.9 Å². The van der Waals surface area contributed by atoms with Crippen LogP contribution in [-0.4, -0.2) is 26.1 Å². The van der Waals surface area contributed by atoms with Crippen molar-refractivity contribution in [2.24, 2.45) is 34.5 Å². The Hall–Kier alpha value is -1.79. The number of allylic oxidation sites excluding steroid dienone is 2. The molecule has 0 heterocycles. The van der Waals surface area contributed by atoms with E-state index in [1.165, 1.54) is 0 Å². The van der Waals surface area contributed by atoms with Crippen LogP contribution in [0.5, 0.6) is 0 Å². The van der Waals surface area contributed by atoms with Crippen LogP contribution in [0.15, 0.2) is 40.8 Å². The predicted octanol–water partition coefficient (Wildman–Crippen LogP) is 5.42. The minimum Gasteiger partial charge on any atom is -0.299 e. The largest absolute Gasteiger partial charge is 0.299 e. The molecule has 5 nitrogen and oxygen atoms in total. The number of benzene rings is 1. The zero-order chi connectivity index (χ0) is 24.5. The van der Waals surface area contributed by atoms with Gasteiger partial charge in [-0.3, -0.25) is 13.8 Å². The maximum atomic E-state index is 13.7. The molecule has 7 atom stereocenters. The summed E-state index contributed by atoms with van der Waals surface area (Å²) in [6, 6.07) is 6.78. The number of carbonyl (C=O) groups excluding carboxylic acids is 2. The maximum Gasteiger partial charge on any atom is 0.297 e. The van der Waals surface area contributed by atoms with Crippen LogP contribution in [-0.2, 0) is 23.9 Å². The van der Waals surface area contributed by atoms with Gasteiger partial charge in [0.05, 0.1) is 11.0 Å². The molecular weight excluding hydrogens is 448 g/mol. The van der Waals surface area contributed by atoms with Gasteiger partial charge < -0.3 is 0 Å². The summed E-state index contributed by atoms with van der Waals surface area (Å²) >= 11 is 0. The molecule has 1 aromatic carbocycles. The smallest absolute Gasteiger partial charge is 0.297 e.